The molecule has 0 unspecified atom stereocenters. The maximum absolute atomic E-state index is 3.17. The number of hydrogen-bond acceptors (Lipinski definition) is 1. The van der Waals surface area contributed by atoms with Gasteiger partial charge in [-0.15, -0.1) is 0 Å². The van der Waals surface area contributed by atoms with Crippen molar-refractivity contribution in [1.29, 1.82) is 0 Å². The van der Waals surface area contributed by atoms with Crippen LogP contribution in [0.1, 0.15) is 44.7 Å². The molecular formula is C15H27N. The normalized spacial score (nSPS) is 9.50. The average Bonchev–Trinajstić information content (AvgIpc) is 2.38. The fourth-order valence-corrected chi connectivity index (χ4v) is 1.57. The minimum Gasteiger partial charge on any atom is -0.320 e. The second-order valence-electron chi connectivity index (χ2n) is 3.73. The Balaban J connectivity index is 0.00000106. The van der Waals surface area contributed by atoms with E-state index < -0.39 is 0 Å². The molecule has 0 heterocycles. The summed E-state index contributed by atoms with van der Waals surface area (Å²) in [6.07, 6.45) is 4.91. The fourth-order valence-electron chi connectivity index (χ4n) is 1.57. The summed E-state index contributed by atoms with van der Waals surface area (Å²) >= 11 is 0. The van der Waals surface area contributed by atoms with Crippen molar-refractivity contribution in [3.05, 3.63) is 35.4 Å². The van der Waals surface area contributed by atoms with Crippen LogP contribution in [0.15, 0.2) is 24.3 Å². The summed E-state index contributed by atoms with van der Waals surface area (Å²) < 4.78 is 0. The van der Waals surface area contributed by atoms with Crippen LogP contribution in [0.3, 0.4) is 0 Å². The van der Waals surface area contributed by atoms with E-state index in [4.69, 9.17) is 0 Å². The van der Waals surface area contributed by atoms with Crippen molar-refractivity contribution in [3.8, 4) is 0 Å². The first-order valence-electron chi connectivity index (χ1n) is 6.59. The third kappa shape index (κ3) is 6.62. The van der Waals surface area contributed by atoms with Gasteiger partial charge >= 0.3 is 0 Å². The average molecular weight is 221 g/mol. The van der Waals surface area contributed by atoms with Gasteiger partial charge in [-0.1, -0.05) is 45.0 Å². The third-order valence-corrected chi connectivity index (χ3v) is 2.57. The molecule has 0 fully saturated rings. The van der Waals surface area contributed by atoms with E-state index in [0.717, 1.165) is 13.0 Å². The smallest absolute Gasteiger partial charge is 0.00518 e. The molecule has 0 aromatic heterocycles. The zero-order valence-electron chi connectivity index (χ0n) is 11.3. The fraction of sp³-hybridized carbons (Fsp3) is 0.600. The molecule has 0 saturated heterocycles. The summed E-state index contributed by atoms with van der Waals surface area (Å²) in [5, 5.41) is 3.17. The standard InChI is InChI=1S/C13H21N.C2H6/c1-3-12-7-9-13(10-8-12)6-4-5-11-14-2;1-2/h7-10,14H,3-6,11H2,1-2H3;1-2H3. The molecule has 0 aliphatic heterocycles. The minimum atomic E-state index is 1.13. The van der Waals surface area contributed by atoms with Gasteiger partial charge in [0.1, 0.15) is 0 Å². The molecule has 0 aliphatic rings. The molecule has 0 spiro atoms. The Hall–Kier alpha value is -0.820. The van der Waals surface area contributed by atoms with Gasteiger partial charge in [-0.25, -0.2) is 0 Å². The lowest BCUT2D eigenvalue weighted by molar-refractivity contribution is 0.677. The van der Waals surface area contributed by atoms with Crippen molar-refractivity contribution in [1.82, 2.24) is 5.32 Å². The van der Waals surface area contributed by atoms with Gasteiger partial charge in [0.25, 0.3) is 0 Å². The monoisotopic (exact) mass is 221 g/mol. The van der Waals surface area contributed by atoms with Crippen molar-refractivity contribution < 1.29 is 0 Å². The summed E-state index contributed by atoms with van der Waals surface area (Å²) in [5.41, 5.74) is 2.90. The van der Waals surface area contributed by atoms with E-state index in [-0.39, 0.29) is 0 Å². The second kappa shape index (κ2) is 10.7. The largest absolute Gasteiger partial charge is 0.320 e. The van der Waals surface area contributed by atoms with Gasteiger partial charge in [0, 0.05) is 0 Å². The van der Waals surface area contributed by atoms with Crippen LogP contribution in [-0.4, -0.2) is 13.6 Å². The Labute approximate surface area is 101 Å². The maximum atomic E-state index is 3.17. The summed E-state index contributed by atoms with van der Waals surface area (Å²) in [7, 11) is 2.01. The molecule has 1 aromatic carbocycles. The Morgan fingerprint density at radius 1 is 0.938 bits per heavy atom. The number of unbranched alkanes of at least 4 members (excludes halogenated alkanes) is 1. The maximum Gasteiger partial charge on any atom is -0.00518 e. The highest BCUT2D eigenvalue weighted by Crippen LogP contribution is 2.07. The molecule has 0 amide bonds. The predicted molar refractivity (Wildman–Crippen MR) is 74.0 cm³/mol. The summed E-state index contributed by atoms with van der Waals surface area (Å²) in [4.78, 5) is 0. The Morgan fingerprint density at radius 2 is 1.50 bits per heavy atom. The lowest BCUT2D eigenvalue weighted by Crippen LogP contribution is -2.07. The highest BCUT2D eigenvalue weighted by atomic mass is 14.8. The van der Waals surface area contributed by atoms with E-state index in [2.05, 4.69) is 36.5 Å². The van der Waals surface area contributed by atoms with Crippen molar-refractivity contribution >= 4 is 0 Å². The van der Waals surface area contributed by atoms with Gasteiger partial charge in [0.2, 0.25) is 0 Å². The molecule has 0 saturated carbocycles. The summed E-state index contributed by atoms with van der Waals surface area (Å²) in [6.45, 7) is 7.33. The molecule has 1 rings (SSSR count). The zero-order valence-corrected chi connectivity index (χ0v) is 11.3. The van der Waals surface area contributed by atoms with Crippen LogP contribution < -0.4 is 5.32 Å². The number of rotatable bonds is 6. The Bertz CT molecular complexity index is 238. The van der Waals surface area contributed by atoms with Crippen LogP contribution in [0.25, 0.3) is 0 Å². The molecule has 0 radical (unpaired) electrons. The van der Waals surface area contributed by atoms with Crippen molar-refractivity contribution in [3.63, 3.8) is 0 Å². The van der Waals surface area contributed by atoms with Gasteiger partial charge in [-0.3, -0.25) is 0 Å². The van der Waals surface area contributed by atoms with Crippen LogP contribution in [0.5, 0.6) is 0 Å². The lowest BCUT2D eigenvalue weighted by Gasteiger charge is -2.02. The van der Waals surface area contributed by atoms with Crippen LogP contribution in [0, 0.1) is 0 Å². The van der Waals surface area contributed by atoms with Crippen LogP contribution in [0.4, 0.5) is 0 Å². The van der Waals surface area contributed by atoms with Gasteiger partial charge < -0.3 is 5.32 Å². The lowest BCUT2D eigenvalue weighted by atomic mass is 10.1. The zero-order chi connectivity index (χ0) is 12.2. The molecule has 16 heavy (non-hydrogen) atoms. The highest BCUT2D eigenvalue weighted by molar-refractivity contribution is 5.22. The van der Waals surface area contributed by atoms with Crippen LogP contribution in [-0.2, 0) is 12.8 Å². The van der Waals surface area contributed by atoms with E-state index in [0.29, 0.717) is 0 Å². The van der Waals surface area contributed by atoms with Crippen LogP contribution in [0.2, 0.25) is 0 Å². The molecule has 0 atom stereocenters. The Kier molecular flexibility index (Phi) is 10.1. The third-order valence-electron chi connectivity index (χ3n) is 2.57. The van der Waals surface area contributed by atoms with Crippen molar-refractivity contribution in [2.75, 3.05) is 13.6 Å². The van der Waals surface area contributed by atoms with Gasteiger partial charge in [-0.2, -0.15) is 0 Å². The minimum absolute atomic E-state index is 1.13. The number of aryl methyl sites for hydroxylation is 2. The SMILES string of the molecule is CC.CCc1ccc(CCCCNC)cc1. The van der Waals surface area contributed by atoms with Gasteiger partial charge in [0.15, 0.2) is 0 Å². The first kappa shape index (κ1) is 15.2. The summed E-state index contributed by atoms with van der Waals surface area (Å²) in [5.74, 6) is 0. The number of nitrogens with one attached hydrogen (secondary N) is 1. The van der Waals surface area contributed by atoms with E-state index in [1.807, 2.05) is 20.9 Å². The molecule has 0 aliphatic carbocycles. The molecule has 1 heteroatoms. The van der Waals surface area contributed by atoms with Gasteiger partial charge in [-0.05, 0) is 50.4 Å². The summed E-state index contributed by atoms with van der Waals surface area (Å²) in [6, 6.07) is 9.01. The number of hydrogen-bond donors (Lipinski definition) is 1. The van der Waals surface area contributed by atoms with Gasteiger partial charge in [0.05, 0.1) is 0 Å². The van der Waals surface area contributed by atoms with E-state index in [1.165, 1.54) is 30.4 Å². The van der Waals surface area contributed by atoms with E-state index in [9.17, 15) is 0 Å². The Morgan fingerprint density at radius 3 is 2.00 bits per heavy atom. The van der Waals surface area contributed by atoms with Crippen LogP contribution >= 0.6 is 0 Å². The molecular weight excluding hydrogens is 194 g/mol. The first-order chi connectivity index (χ1) is 7.86. The second-order valence-corrected chi connectivity index (χ2v) is 3.73. The molecule has 1 nitrogen and oxygen atoms in total. The molecule has 1 N–H and O–H groups in total. The topological polar surface area (TPSA) is 12.0 Å². The quantitative estimate of drug-likeness (QED) is 0.720. The predicted octanol–water partition coefficient (Wildman–Crippen LogP) is 3.82. The van der Waals surface area contributed by atoms with Crippen molar-refractivity contribution in [2.24, 2.45) is 0 Å². The molecule has 0 bridgehead atoms. The highest BCUT2D eigenvalue weighted by Gasteiger charge is 1.93. The van der Waals surface area contributed by atoms with E-state index >= 15 is 0 Å². The molecule has 1 aromatic rings. The first-order valence-corrected chi connectivity index (χ1v) is 6.59. The van der Waals surface area contributed by atoms with Crippen molar-refractivity contribution in [2.45, 2.75) is 46.5 Å². The number of benzene rings is 1. The van der Waals surface area contributed by atoms with E-state index in [1.54, 1.807) is 0 Å². The molecule has 92 valence electrons.